The molecule has 0 unspecified atom stereocenters. The second-order valence-electron chi connectivity index (χ2n) is 7.87. The highest BCUT2D eigenvalue weighted by Crippen LogP contribution is 2.33. The minimum atomic E-state index is -0.110. The topological polar surface area (TPSA) is 91.9 Å². The van der Waals surface area contributed by atoms with Gasteiger partial charge in [0.15, 0.2) is 0 Å². The minimum absolute atomic E-state index is 0.110. The van der Waals surface area contributed by atoms with Crippen LogP contribution in [0.3, 0.4) is 0 Å². The molecule has 0 radical (unpaired) electrons. The van der Waals surface area contributed by atoms with Crippen LogP contribution in [0.1, 0.15) is 16.1 Å². The van der Waals surface area contributed by atoms with Gasteiger partial charge in [0.1, 0.15) is 22.7 Å². The van der Waals surface area contributed by atoms with E-state index in [9.17, 15) is 9.70 Å². The fourth-order valence-corrected chi connectivity index (χ4v) is 4.55. The number of hydrogen-bond donors (Lipinski definition) is 0. The SMILES string of the molecule is Cc1onc(-c2cccc3cnccc23)c1C(=O)N1CCN(c2ccc(N=O)cc2Cl)CC1. The summed E-state index contributed by atoms with van der Waals surface area (Å²) in [4.78, 5) is 32.3. The van der Waals surface area contributed by atoms with E-state index in [1.807, 2.05) is 29.2 Å². The summed E-state index contributed by atoms with van der Waals surface area (Å²) in [7, 11) is 0. The number of benzene rings is 2. The number of amides is 1. The number of aryl methyl sites for hydroxylation is 1. The summed E-state index contributed by atoms with van der Waals surface area (Å²) in [6.07, 6.45) is 3.51. The third kappa shape index (κ3) is 3.82. The van der Waals surface area contributed by atoms with Crippen LogP contribution in [0.4, 0.5) is 11.4 Å². The van der Waals surface area contributed by atoms with Crippen molar-refractivity contribution in [3.05, 3.63) is 76.1 Å². The van der Waals surface area contributed by atoms with Crippen LogP contribution < -0.4 is 4.90 Å². The number of hydrogen-bond acceptors (Lipinski definition) is 7. The van der Waals surface area contributed by atoms with Gasteiger partial charge in [-0.15, -0.1) is 4.91 Å². The molecule has 1 aliphatic heterocycles. The zero-order valence-corrected chi connectivity index (χ0v) is 18.6. The van der Waals surface area contributed by atoms with Crippen molar-refractivity contribution in [2.45, 2.75) is 6.92 Å². The number of fused-ring (bicyclic) bond motifs is 1. The zero-order valence-electron chi connectivity index (χ0n) is 17.9. The van der Waals surface area contributed by atoms with E-state index in [1.54, 1.807) is 37.5 Å². The molecule has 2 aromatic heterocycles. The fourth-order valence-electron chi connectivity index (χ4n) is 4.25. The number of aromatic nitrogens is 2. The first-order valence-electron chi connectivity index (χ1n) is 10.5. The summed E-state index contributed by atoms with van der Waals surface area (Å²) in [5, 5.41) is 9.55. The van der Waals surface area contributed by atoms with E-state index >= 15 is 0 Å². The number of anilines is 1. The third-order valence-electron chi connectivity index (χ3n) is 5.96. The minimum Gasteiger partial charge on any atom is -0.367 e. The van der Waals surface area contributed by atoms with Crippen LogP contribution in [0.25, 0.3) is 22.0 Å². The van der Waals surface area contributed by atoms with E-state index in [1.165, 1.54) is 0 Å². The monoisotopic (exact) mass is 461 g/mol. The first-order chi connectivity index (χ1) is 16.1. The van der Waals surface area contributed by atoms with E-state index in [0.717, 1.165) is 22.0 Å². The summed E-state index contributed by atoms with van der Waals surface area (Å²) < 4.78 is 5.46. The molecule has 1 saturated heterocycles. The number of piperazine rings is 1. The summed E-state index contributed by atoms with van der Waals surface area (Å²) in [6, 6.07) is 12.7. The van der Waals surface area contributed by atoms with Gasteiger partial charge < -0.3 is 14.3 Å². The van der Waals surface area contributed by atoms with Gasteiger partial charge in [0.2, 0.25) is 0 Å². The maximum Gasteiger partial charge on any atom is 0.259 e. The third-order valence-corrected chi connectivity index (χ3v) is 6.26. The van der Waals surface area contributed by atoms with Crippen molar-refractivity contribution >= 4 is 39.7 Å². The molecule has 0 saturated carbocycles. The van der Waals surface area contributed by atoms with Gasteiger partial charge in [0, 0.05) is 49.5 Å². The van der Waals surface area contributed by atoms with Crippen LogP contribution in [0.2, 0.25) is 5.02 Å². The second-order valence-corrected chi connectivity index (χ2v) is 8.28. The first kappa shape index (κ1) is 21.1. The largest absolute Gasteiger partial charge is 0.367 e. The standard InChI is InChI=1S/C24H20ClN5O3/c1-15-22(23(28-33-15)19-4-2-3-16-14-26-8-7-18(16)19)24(31)30-11-9-29(10-12-30)21-6-5-17(27-32)13-20(21)25/h2-8,13-14H,9-12H2,1H3. The highest BCUT2D eigenvalue weighted by atomic mass is 35.5. The molecule has 9 heteroatoms. The van der Waals surface area contributed by atoms with E-state index < -0.39 is 0 Å². The lowest BCUT2D eigenvalue weighted by atomic mass is 9.99. The summed E-state index contributed by atoms with van der Waals surface area (Å²) in [5.74, 6) is 0.379. The Morgan fingerprint density at radius 3 is 2.70 bits per heavy atom. The quantitative estimate of drug-likeness (QED) is 0.387. The van der Waals surface area contributed by atoms with Crippen LogP contribution in [-0.2, 0) is 0 Å². The molecule has 5 rings (SSSR count). The van der Waals surface area contributed by atoms with Crippen LogP contribution in [0.15, 0.2) is 64.6 Å². The molecule has 8 nitrogen and oxygen atoms in total. The molecule has 2 aromatic carbocycles. The number of rotatable bonds is 4. The summed E-state index contributed by atoms with van der Waals surface area (Å²) in [6.45, 7) is 4.02. The van der Waals surface area contributed by atoms with Gasteiger partial charge in [0.05, 0.1) is 10.7 Å². The Labute approximate surface area is 194 Å². The van der Waals surface area contributed by atoms with E-state index in [-0.39, 0.29) is 11.6 Å². The molecule has 3 heterocycles. The van der Waals surface area contributed by atoms with Crippen molar-refractivity contribution in [1.29, 1.82) is 0 Å². The molecule has 0 aliphatic carbocycles. The van der Waals surface area contributed by atoms with Crippen molar-refractivity contribution in [2.24, 2.45) is 5.18 Å². The summed E-state index contributed by atoms with van der Waals surface area (Å²) in [5.41, 5.74) is 2.97. The zero-order chi connectivity index (χ0) is 22.9. The highest BCUT2D eigenvalue weighted by molar-refractivity contribution is 6.33. The molecule has 0 bridgehead atoms. The van der Waals surface area contributed by atoms with Gasteiger partial charge in [-0.2, -0.15) is 0 Å². The second kappa shape index (κ2) is 8.63. The van der Waals surface area contributed by atoms with Crippen molar-refractivity contribution in [3.63, 3.8) is 0 Å². The normalized spacial score (nSPS) is 14.0. The number of nitroso groups, excluding NO2 is 1. The van der Waals surface area contributed by atoms with Crippen LogP contribution >= 0.6 is 11.6 Å². The van der Waals surface area contributed by atoms with Gasteiger partial charge in [-0.1, -0.05) is 35.0 Å². The van der Waals surface area contributed by atoms with Crippen LogP contribution in [0, 0.1) is 11.8 Å². The number of halogens is 1. The number of carbonyl (C=O) groups is 1. The van der Waals surface area contributed by atoms with E-state index in [0.29, 0.717) is 48.2 Å². The maximum atomic E-state index is 13.5. The lowest BCUT2D eigenvalue weighted by Gasteiger charge is -2.36. The van der Waals surface area contributed by atoms with E-state index in [4.69, 9.17) is 16.1 Å². The predicted octanol–water partition coefficient (Wildman–Crippen LogP) is 5.21. The maximum absolute atomic E-state index is 13.5. The van der Waals surface area contributed by atoms with Crippen LogP contribution in [-0.4, -0.2) is 47.1 Å². The van der Waals surface area contributed by atoms with E-state index in [2.05, 4.69) is 20.2 Å². The van der Waals surface area contributed by atoms with Gasteiger partial charge >= 0.3 is 0 Å². The Balaban J connectivity index is 1.40. The van der Waals surface area contributed by atoms with Gasteiger partial charge in [-0.05, 0) is 41.8 Å². The van der Waals surface area contributed by atoms with Gasteiger partial charge in [0.25, 0.3) is 5.91 Å². The number of carbonyl (C=O) groups excluding carboxylic acids is 1. The molecule has 0 spiro atoms. The number of pyridine rings is 1. The average molecular weight is 462 g/mol. The predicted molar refractivity (Wildman–Crippen MR) is 127 cm³/mol. The van der Waals surface area contributed by atoms with Crippen molar-refractivity contribution in [3.8, 4) is 11.3 Å². The molecule has 1 aliphatic rings. The smallest absolute Gasteiger partial charge is 0.259 e. The van der Waals surface area contributed by atoms with Crippen LogP contribution in [0.5, 0.6) is 0 Å². The molecule has 166 valence electrons. The molecule has 4 aromatic rings. The van der Waals surface area contributed by atoms with Crippen molar-refractivity contribution in [2.75, 3.05) is 31.1 Å². The molecule has 1 fully saturated rings. The molecule has 1 amide bonds. The Morgan fingerprint density at radius 2 is 1.94 bits per heavy atom. The first-order valence-corrected chi connectivity index (χ1v) is 10.9. The highest BCUT2D eigenvalue weighted by Gasteiger charge is 2.29. The fraction of sp³-hybridized carbons (Fsp3) is 0.208. The lowest BCUT2D eigenvalue weighted by molar-refractivity contribution is 0.0745. The van der Waals surface area contributed by atoms with Gasteiger partial charge in [-0.3, -0.25) is 9.78 Å². The summed E-state index contributed by atoms with van der Waals surface area (Å²) >= 11 is 6.33. The molecular formula is C24H20ClN5O3. The molecule has 33 heavy (non-hydrogen) atoms. The van der Waals surface area contributed by atoms with Crippen molar-refractivity contribution in [1.82, 2.24) is 15.0 Å². The Hall–Kier alpha value is -3.78. The lowest BCUT2D eigenvalue weighted by Crippen LogP contribution is -2.49. The Bertz CT molecular complexity index is 1360. The molecule has 0 atom stereocenters. The van der Waals surface area contributed by atoms with Gasteiger partial charge in [-0.25, -0.2) is 0 Å². The Kier molecular flexibility index (Phi) is 5.51. The molecular weight excluding hydrogens is 442 g/mol. The number of nitrogens with zero attached hydrogens (tertiary/aromatic N) is 5. The Morgan fingerprint density at radius 1 is 1.12 bits per heavy atom. The molecule has 0 N–H and O–H groups in total. The average Bonchev–Trinajstić information content (AvgIpc) is 3.24. The van der Waals surface area contributed by atoms with Crippen molar-refractivity contribution < 1.29 is 9.32 Å².